The van der Waals surface area contributed by atoms with Crippen molar-refractivity contribution in [1.29, 1.82) is 0 Å². The van der Waals surface area contributed by atoms with E-state index in [9.17, 15) is 14.7 Å². The van der Waals surface area contributed by atoms with Gasteiger partial charge in [-0.05, 0) is 27.2 Å². The molecule has 17 heavy (non-hydrogen) atoms. The minimum atomic E-state index is -0.484. The molecule has 1 heterocycles. The van der Waals surface area contributed by atoms with Crippen LogP contribution in [0.3, 0.4) is 0 Å². The van der Waals surface area contributed by atoms with E-state index in [4.69, 9.17) is 0 Å². The first-order valence-corrected chi connectivity index (χ1v) is 5.79. The van der Waals surface area contributed by atoms with Gasteiger partial charge in [-0.3, -0.25) is 15.0 Å². The van der Waals surface area contributed by atoms with Gasteiger partial charge in [-0.2, -0.15) is 0 Å². The Morgan fingerprint density at radius 2 is 2.06 bits per heavy atom. The molecule has 1 aliphatic rings. The average molecular weight is 243 g/mol. The van der Waals surface area contributed by atoms with Crippen molar-refractivity contribution in [2.24, 2.45) is 0 Å². The lowest BCUT2D eigenvalue weighted by Gasteiger charge is -2.21. The largest absolute Gasteiger partial charge is 0.392 e. The Balaban J connectivity index is 2.27. The van der Waals surface area contributed by atoms with Gasteiger partial charge in [0.25, 0.3) is 0 Å². The van der Waals surface area contributed by atoms with Crippen molar-refractivity contribution < 1.29 is 14.7 Å². The molecule has 3 amide bonds. The van der Waals surface area contributed by atoms with Crippen molar-refractivity contribution in [3.63, 3.8) is 0 Å². The second kappa shape index (κ2) is 5.46. The van der Waals surface area contributed by atoms with Crippen LogP contribution in [0.5, 0.6) is 0 Å². The number of urea groups is 1. The normalized spacial score (nSPS) is 21.3. The molecule has 6 heteroatoms. The third-order valence-electron chi connectivity index (χ3n) is 2.36. The van der Waals surface area contributed by atoms with Gasteiger partial charge in [-0.15, -0.1) is 0 Å². The van der Waals surface area contributed by atoms with Gasteiger partial charge in [0, 0.05) is 18.6 Å². The Kier molecular flexibility index (Phi) is 4.47. The number of aliphatic hydroxyl groups excluding tert-OH is 1. The molecule has 1 saturated heterocycles. The van der Waals surface area contributed by atoms with E-state index < -0.39 is 6.03 Å². The molecule has 98 valence electrons. The molecule has 1 rings (SSSR count). The van der Waals surface area contributed by atoms with Crippen LogP contribution in [0.1, 0.15) is 27.2 Å². The summed E-state index contributed by atoms with van der Waals surface area (Å²) in [4.78, 5) is 24.7. The number of imide groups is 1. The second-order valence-corrected chi connectivity index (χ2v) is 5.43. The molecule has 0 spiro atoms. The van der Waals surface area contributed by atoms with E-state index in [1.807, 2.05) is 25.7 Å². The number of nitrogens with one attached hydrogen (secondary N) is 2. The zero-order valence-corrected chi connectivity index (χ0v) is 10.6. The maximum absolute atomic E-state index is 11.5. The van der Waals surface area contributed by atoms with E-state index in [-0.39, 0.29) is 24.1 Å². The highest BCUT2D eigenvalue weighted by molar-refractivity contribution is 5.95. The molecule has 0 saturated carbocycles. The molecular formula is C11H21N3O3. The predicted octanol–water partition coefficient (Wildman–Crippen LogP) is -0.323. The van der Waals surface area contributed by atoms with Crippen LogP contribution in [0.4, 0.5) is 4.79 Å². The lowest BCUT2D eigenvalue weighted by Crippen LogP contribution is -2.50. The quantitative estimate of drug-likeness (QED) is 0.620. The van der Waals surface area contributed by atoms with Crippen molar-refractivity contribution in [1.82, 2.24) is 15.5 Å². The molecule has 0 bridgehead atoms. The summed E-state index contributed by atoms with van der Waals surface area (Å²) in [5.74, 6) is -0.346. The zero-order valence-electron chi connectivity index (χ0n) is 10.6. The van der Waals surface area contributed by atoms with E-state index in [1.165, 1.54) is 0 Å². The molecule has 0 aliphatic carbocycles. The van der Waals surface area contributed by atoms with Crippen LogP contribution in [0.15, 0.2) is 0 Å². The average Bonchev–Trinajstić information content (AvgIpc) is 2.46. The number of carbonyl (C=O) groups excluding carboxylic acids is 2. The molecule has 1 unspecified atom stereocenters. The third kappa shape index (κ3) is 5.65. The first-order valence-electron chi connectivity index (χ1n) is 5.79. The summed E-state index contributed by atoms with van der Waals surface area (Å²) < 4.78 is 0. The monoisotopic (exact) mass is 243 g/mol. The fourth-order valence-electron chi connectivity index (χ4n) is 1.70. The molecule has 0 aromatic carbocycles. The summed E-state index contributed by atoms with van der Waals surface area (Å²) in [5.41, 5.74) is -0.367. The Labute approximate surface area is 101 Å². The van der Waals surface area contributed by atoms with E-state index >= 15 is 0 Å². The summed E-state index contributed by atoms with van der Waals surface area (Å²) in [7, 11) is 0. The van der Waals surface area contributed by atoms with Crippen LogP contribution in [0.2, 0.25) is 0 Å². The Hall–Kier alpha value is -1.14. The fourth-order valence-corrected chi connectivity index (χ4v) is 1.70. The molecule has 1 fully saturated rings. The van der Waals surface area contributed by atoms with Gasteiger partial charge in [0.1, 0.15) is 0 Å². The van der Waals surface area contributed by atoms with Gasteiger partial charge >= 0.3 is 6.03 Å². The first kappa shape index (κ1) is 13.9. The predicted molar refractivity (Wildman–Crippen MR) is 63.5 cm³/mol. The molecule has 0 aromatic heterocycles. The van der Waals surface area contributed by atoms with Gasteiger partial charge in [-0.25, -0.2) is 4.79 Å². The molecule has 3 N–H and O–H groups in total. The molecule has 0 aromatic rings. The highest BCUT2D eigenvalue weighted by Gasteiger charge is 2.23. The maximum Gasteiger partial charge on any atom is 0.321 e. The Morgan fingerprint density at radius 1 is 1.41 bits per heavy atom. The van der Waals surface area contributed by atoms with Crippen LogP contribution in [-0.2, 0) is 4.79 Å². The van der Waals surface area contributed by atoms with E-state index in [0.717, 1.165) is 0 Å². The number of hydrogen-bond donors (Lipinski definition) is 3. The summed E-state index contributed by atoms with van der Waals surface area (Å²) in [5, 5.41) is 14.2. The number of β-amino-alcohol motifs (C(OH)–C–C–N with tert-alkyl or cyclic N) is 1. The van der Waals surface area contributed by atoms with Crippen LogP contribution >= 0.6 is 0 Å². The van der Waals surface area contributed by atoms with Gasteiger partial charge in [0.15, 0.2) is 0 Å². The highest BCUT2D eigenvalue weighted by atomic mass is 16.3. The molecule has 6 nitrogen and oxygen atoms in total. The maximum atomic E-state index is 11.5. The fraction of sp³-hybridized carbons (Fsp3) is 0.818. The highest BCUT2D eigenvalue weighted by Crippen LogP contribution is 2.07. The number of carbonyl (C=O) groups is 2. The summed E-state index contributed by atoms with van der Waals surface area (Å²) >= 11 is 0. The van der Waals surface area contributed by atoms with Gasteiger partial charge in [0.05, 0.1) is 12.6 Å². The number of nitrogens with zero attached hydrogens (tertiary/aromatic N) is 1. The van der Waals surface area contributed by atoms with Gasteiger partial charge in [0.2, 0.25) is 5.91 Å². The van der Waals surface area contributed by atoms with E-state index in [2.05, 4.69) is 10.6 Å². The van der Waals surface area contributed by atoms with Crippen molar-refractivity contribution in [2.75, 3.05) is 19.6 Å². The number of rotatable bonds is 2. The van der Waals surface area contributed by atoms with Crippen LogP contribution < -0.4 is 10.6 Å². The number of aliphatic hydroxyl groups is 1. The van der Waals surface area contributed by atoms with Crippen LogP contribution in [0.25, 0.3) is 0 Å². The molecule has 1 aliphatic heterocycles. The molecule has 1 atom stereocenters. The lowest BCUT2D eigenvalue weighted by molar-refractivity contribution is -0.121. The van der Waals surface area contributed by atoms with Crippen molar-refractivity contribution in [3.8, 4) is 0 Å². The van der Waals surface area contributed by atoms with Crippen molar-refractivity contribution in [2.45, 2.75) is 38.8 Å². The first-order chi connectivity index (χ1) is 7.76. The number of likely N-dealkylation sites (tertiary alicyclic amines) is 1. The minimum Gasteiger partial charge on any atom is -0.392 e. The van der Waals surface area contributed by atoms with Crippen LogP contribution in [0, 0.1) is 0 Å². The summed E-state index contributed by atoms with van der Waals surface area (Å²) in [6.45, 7) is 6.86. The van der Waals surface area contributed by atoms with E-state index in [1.54, 1.807) is 0 Å². The summed E-state index contributed by atoms with van der Waals surface area (Å²) in [6, 6.07) is -0.484. The minimum absolute atomic E-state index is 0.147. The number of amides is 3. The molecular weight excluding hydrogens is 222 g/mol. The van der Waals surface area contributed by atoms with E-state index in [0.29, 0.717) is 19.5 Å². The topological polar surface area (TPSA) is 81.7 Å². The lowest BCUT2D eigenvalue weighted by atomic mass is 10.1. The smallest absolute Gasteiger partial charge is 0.321 e. The van der Waals surface area contributed by atoms with Crippen molar-refractivity contribution in [3.05, 3.63) is 0 Å². The SMILES string of the molecule is CC(C)(C)NC(=O)NC(=O)CN1CCC(O)C1. The second-order valence-electron chi connectivity index (χ2n) is 5.43. The Morgan fingerprint density at radius 3 is 2.53 bits per heavy atom. The van der Waals surface area contributed by atoms with Gasteiger partial charge in [-0.1, -0.05) is 0 Å². The third-order valence-corrected chi connectivity index (χ3v) is 2.36. The standard InChI is InChI=1S/C11H21N3O3/c1-11(2,3)13-10(17)12-9(16)7-14-5-4-8(15)6-14/h8,15H,4-7H2,1-3H3,(H2,12,13,16,17). The van der Waals surface area contributed by atoms with Crippen LogP contribution in [-0.4, -0.2) is 53.2 Å². The zero-order chi connectivity index (χ0) is 13.1. The summed E-state index contributed by atoms with van der Waals surface area (Å²) in [6.07, 6.45) is 0.327. The molecule has 0 radical (unpaired) electrons. The number of hydrogen-bond acceptors (Lipinski definition) is 4. The van der Waals surface area contributed by atoms with Crippen molar-refractivity contribution >= 4 is 11.9 Å². The van der Waals surface area contributed by atoms with Gasteiger partial charge < -0.3 is 10.4 Å². The Bertz CT molecular complexity index is 299.